The van der Waals surface area contributed by atoms with E-state index in [-0.39, 0.29) is 0 Å². The van der Waals surface area contributed by atoms with Crippen LogP contribution in [0.2, 0.25) is 0 Å². The van der Waals surface area contributed by atoms with E-state index < -0.39 is 0 Å². The SMILES string of the molecule is CCOc1cc2c(cc1OCC)CN(CC[C@@H]1CCCCN1)CC2. The molecule has 4 nitrogen and oxygen atoms in total. The minimum Gasteiger partial charge on any atom is -0.490 e. The first-order chi connectivity index (χ1) is 11.8. The fraction of sp³-hybridized carbons (Fsp3) is 0.700. The monoisotopic (exact) mass is 332 g/mol. The van der Waals surface area contributed by atoms with Crippen LogP contribution in [0.3, 0.4) is 0 Å². The lowest BCUT2D eigenvalue weighted by atomic mass is 9.97. The van der Waals surface area contributed by atoms with Crippen molar-refractivity contribution >= 4 is 0 Å². The first-order valence-corrected chi connectivity index (χ1v) is 9.67. The third-order valence-electron chi connectivity index (χ3n) is 5.16. The molecule has 0 saturated carbocycles. The van der Waals surface area contributed by atoms with Gasteiger partial charge in [0.25, 0.3) is 0 Å². The molecule has 0 aliphatic carbocycles. The molecule has 0 aromatic heterocycles. The summed E-state index contributed by atoms with van der Waals surface area (Å²) in [6.07, 6.45) is 6.45. The van der Waals surface area contributed by atoms with Crippen LogP contribution in [0, 0.1) is 0 Å². The van der Waals surface area contributed by atoms with Crippen LogP contribution in [0.4, 0.5) is 0 Å². The summed E-state index contributed by atoms with van der Waals surface area (Å²) < 4.78 is 11.6. The molecule has 2 heterocycles. The summed E-state index contributed by atoms with van der Waals surface area (Å²) in [6, 6.07) is 5.12. The number of fused-ring (bicyclic) bond motifs is 1. The van der Waals surface area contributed by atoms with Crippen molar-refractivity contribution in [2.45, 2.75) is 58.5 Å². The highest BCUT2D eigenvalue weighted by molar-refractivity contribution is 5.48. The highest BCUT2D eigenvalue weighted by atomic mass is 16.5. The molecule has 3 rings (SSSR count). The van der Waals surface area contributed by atoms with Gasteiger partial charge in [-0.3, -0.25) is 4.90 Å². The van der Waals surface area contributed by atoms with Crippen molar-refractivity contribution < 1.29 is 9.47 Å². The average molecular weight is 332 g/mol. The third kappa shape index (κ3) is 4.42. The second kappa shape index (κ2) is 8.72. The number of nitrogens with zero attached hydrogens (tertiary/aromatic N) is 1. The molecule has 1 aromatic rings. The summed E-state index contributed by atoms with van der Waals surface area (Å²) in [4.78, 5) is 2.59. The maximum atomic E-state index is 5.79. The van der Waals surface area contributed by atoms with Gasteiger partial charge in [0.1, 0.15) is 0 Å². The van der Waals surface area contributed by atoms with Gasteiger partial charge in [0.05, 0.1) is 13.2 Å². The van der Waals surface area contributed by atoms with Gasteiger partial charge < -0.3 is 14.8 Å². The van der Waals surface area contributed by atoms with Gasteiger partial charge in [-0.05, 0) is 75.9 Å². The molecule has 0 bridgehead atoms. The molecule has 1 fully saturated rings. The van der Waals surface area contributed by atoms with Crippen LogP contribution in [-0.2, 0) is 13.0 Å². The van der Waals surface area contributed by atoms with E-state index in [1.54, 1.807) is 0 Å². The minimum atomic E-state index is 0.677. The predicted molar refractivity (Wildman–Crippen MR) is 98.0 cm³/mol. The largest absolute Gasteiger partial charge is 0.490 e. The fourth-order valence-electron chi connectivity index (χ4n) is 3.86. The van der Waals surface area contributed by atoms with Gasteiger partial charge in [-0.25, -0.2) is 0 Å². The van der Waals surface area contributed by atoms with Crippen molar-refractivity contribution in [2.75, 3.05) is 32.8 Å². The Morgan fingerprint density at radius 1 is 1.08 bits per heavy atom. The number of ether oxygens (including phenoxy) is 2. The van der Waals surface area contributed by atoms with Gasteiger partial charge in [0, 0.05) is 19.1 Å². The number of benzene rings is 1. The molecule has 0 amide bonds. The Labute approximate surface area is 146 Å². The summed E-state index contributed by atoms with van der Waals surface area (Å²) in [5.41, 5.74) is 2.83. The topological polar surface area (TPSA) is 33.7 Å². The molecule has 24 heavy (non-hydrogen) atoms. The van der Waals surface area contributed by atoms with Crippen LogP contribution in [0.25, 0.3) is 0 Å². The van der Waals surface area contributed by atoms with Gasteiger partial charge >= 0.3 is 0 Å². The van der Waals surface area contributed by atoms with E-state index >= 15 is 0 Å². The summed E-state index contributed by atoms with van der Waals surface area (Å²) in [5, 5.41) is 3.66. The zero-order chi connectivity index (χ0) is 16.8. The van der Waals surface area contributed by atoms with Gasteiger partial charge in [0.15, 0.2) is 11.5 Å². The van der Waals surface area contributed by atoms with E-state index in [0.717, 1.165) is 37.1 Å². The summed E-state index contributed by atoms with van der Waals surface area (Å²) in [6.45, 7) is 9.98. The number of rotatable bonds is 7. The van der Waals surface area contributed by atoms with E-state index in [9.17, 15) is 0 Å². The van der Waals surface area contributed by atoms with Crippen LogP contribution < -0.4 is 14.8 Å². The smallest absolute Gasteiger partial charge is 0.161 e. The minimum absolute atomic E-state index is 0.677. The van der Waals surface area contributed by atoms with Crippen LogP contribution >= 0.6 is 0 Å². The van der Waals surface area contributed by atoms with Crippen LogP contribution in [0.1, 0.15) is 50.7 Å². The maximum absolute atomic E-state index is 5.79. The van der Waals surface area contributed by atoms with Gasteiger partial charge in [-0.15, -0.1) is 0 Å². The second-order valence-electron chi connectivity index (χ2n) is 6.90. The summed E-state index contributed by atoms with van der Waals surface area (Å²) in [5.74, 6) is 1.80. The predicted octanol–water partition coefficient (Wildman–Crippen LogP) is 3.37. The quantitative estimate of drug-likeness (QED) is 0.830. The van der Waals surface area contributed by atoms with E-state index in [1.165, 1.54) is 49.9 Å². The first-order valence-electron chi connectivity index (χ1n) is 9.67. The summed E-state index contributed by atoms with van der Waals surface area (Å²) >= 11 is 0. The van der Waals surface area contributed by atoms with E-state index in [0.29, 0.717) is 13.2 Å². The number of hydrogen-bond acceptors (Lipinski definition) is 4. The molecule has 4 heteroatoms. The molecular weight excluding hydrogens is 300 g/mol. The highest BCUT2D eigenvalue weighted by Crippen LogP contribution is 2.34. The Hall–Kier alpha value is -1.26. The lowest BCUT2D eigenvalue weighted by molar-refractivity contribution is 0.228. The Kier molecular flexibility index (Phi) is 6.38. The second-order valence-corrected chi connectivity index (χ2v) is 6.90. The lowest BCUT2D eigenvalue weighted by Crippen LogP contribution is -2.39. The van der Waals surface area contributed by atoms with E-state index in [4.69, 9.17) is 9.47 Å². The van der Waals surface area contributed by atoms with Gasteiger partial charge in [0.2, 0.25) is 0 Å². The Bertz CT molecular complexity index is 527. The molecule has 0 spiro atoms. The Morgan fingerprint density at radius 2 is 1.83 bits per heavy atom. The third-order valence-corrected chi connectivity index (χ3v) is 5.16. The molecule has 2 aliphatic rings. The van der Waals surface area contributed by atoms with Crippen molar-refractivity contribution in [1.82, 2.24) is 10.2 Å². The molecule has 1 saturated heterocycles. The molecular formula is C20H32N2O2. The molecule has 1 N–H and O–H groups in total. The van der Waals surface area contributed by atoms with Crippen LogP contribution in [0.5, 0.6) is 11.5 Å². The Balaban J connectivity index is 1.62. The van der Waals surface area contributed by atoms with E-state index in [2.05, 4.69) is 22.3 Å². The number of piperidine rings is 1. The van der Waals surface area contributed by atoms with Gasteiger partial charge in [-0.2, -0.15) is 0 Å². The zero-order valence-corrected chi connectivity index (χ0v) is 15.3. The van der Waals surface area contributed by atoms with E-state index in [1.807, 2.05) is 13.8 Å². The summed E-state index contributed by atoms with van der Waals surface area (Å²) in [7, 11) is 0. The van der Waals surface area contributed by atoms with Crippen molar-refractivity contribution in [3.63, 3.8) is 0 Å². The molecule has 1 aromatic carbocycles. The average Bonchev–Trinajstić information content (AvgIpc) is 2.62. The molecule has 2 aliphatic heterocycles. The van der Waals surface area contributed by atoms with Crippen molar-refractivity contribution in [3.8, 4) is 11.5 Å². The standard InChI is InChI=1S/C20H32N2O2/c1-3-23-19-13-16-8-11-22(12-9-18-7-5-6-10-21-18)15-17(16)14-20(19)24-4-2/h13-14,18,21H,3-12,15H2,1-2H3/t18-/m0/s1. The van der Waals surface area contributed by atoms with Crippen molar-refractivity contribution in [3.05, 3.63) is 23.3 Å². The van der Waals surface area contributed by atoms with Crippen molar-refractivity contribution in [2.24, 2.45) is 0 Å². The molecule has 0 unspecified atom stereocenters. The Morgan fingerprint density at radius 3 is 2.50 bits per heavy atom. The number of hydrogen-bond donors (Lipinski definition) is 1. The zero-order valence-electron chi connectivity index (χ0n) is 15.3. The number of nitrogens with one attached hydrogen (secondary N) is 1. The maximum Gasteiger partial charge on any atom is 0.161 e. The van der Waals surface area contributed by atoms with Gasteiger partial charge in [-0.1, -0.05) is 6.42 Å². The lowest BCUT2D eigenvalue weighted by Gasteiger charge is -2.32. The normalized spacial score (nSPS) is 21.3. The molecule has 134 valence electrons. The van der Waals surface area contributed by atoms with Crippen LogP contribution in [0.15, 0.2) is 12.1 Å². The highest BCUT2D eigenvalue weighted by Gasteiger charge is 2.21. The molecule has 0 radical (unpaired) electrons. The van der Waals surface area contributed by atoms with Crippen molar-refractivity contribution in [1.29, 1.82) is 0 Å². The fourth-order valence-corrected chi connectivity index (χ4v) is 3.86. The molecule has 1 atom stereocenters. The van der Waals surface area contributed by atoms with Crippen LogP contribution in [-0.4, -0.2) is 43.8 Å². The first kappa shape index (κ1) is 17.6.